The van der Waals surface area contributed by atoms with E-state index in [2.05, 4.69) is 9.55 Å². The van der Waals surface area contributed by atoms with Crippen LogP contribution in [0.5, 0.6) is 0 Å². The van der Waals surface area contributed by atoms with Crippen molar-refractivity contribution in [3.8, 4) is 11.4 Å². The predicted molar refractivity (Wildman–Crippen MR) is 63.9 cm³/mol. The molecule has 4 heteroatoms. The van der Waals surface area contributed by atoms with Crippen LogP contribution in [0.15, 0.2) is 30.5 Å². The molecule has 0 amide bonds. The van der Waals surface area contributed by atoms with Gasteiger partial charge in [-0.2, -0.15) is 0 Å². The van der Waals surface area contributed by atoms with Crippen molar-refractivity contribution in [2.45, 2.75) is 25.4 Å². The minimum absolute atomic E-state index is 0.202. The monoisotopic (exact) mass is 231 g/mol. The first-order valence-corrected chi connectivity index (χ1v) is 5.80. The number of nitrogens with two attached hydrogens (primary N) is 1. The Morgan fingerprint density at radius 2 is 2.18 bits per heavy atom. The van der Waals surface area contributed by atoms with Gasteiger partial charge in [0.15, 0.2) is 0 Å². The van der Waals surface area contributed by atoms with Crippen LogP contribution < -0.4 is 5.73 Å². The van der Waals surface area contributed by atoms with E-state index in [0.29, 0.717) is 11.4 Å². The molecule has 3 nitrogen and oxygen atoms in total. The van der Waals surface area contributed by atoms with Crippen molar-refractivity contribution in [1.29, 1.82) is 0 Å². The molecule has 0 radical (unpaired) electrons. The van der Waals surface area contributed by atoms with Crippen LogP contribution in [0.2, 0.25) is 0 Å². The fourth-order valence-corrected chi connectivity index (χ4v) is 2.35. The molecule has 88 valence electrons. The fraction of sp³-hybridized carbons (Fsp3) is 0.308. The molecule has 1 atom stereocenters. The second-order valence-corrected chi connectivity index (χ2v) is 4.46. The number of benzene rings is 1. The molecule has 0 bridgehead atoms. The van der Waals surface area contributed by atoms with E-state index in [-0.39, 0.29) is 11.9 Å². The summed E-state index contributed by atoms with van der Waals surface area (Å²) >= 11 is 0. The van der Waals surface area contributed by atoms with Gasteiger partial charge in [-0.1, -0.05) is 12.1 Å². The Labute approximate surface area is 99.1 Å². The van der Waals surface area contributed by atoms with Crippen LogP contribution in [0.25, 0.3) is 11.4 Å². The lowest BCUT2D eigenvalue weighted by atomic mass is 10.1. The quantitative estimate of drug-likeness (QED) is 0.815. The maximum absolute atomic E-state index is 13.7. The molecule has 17 heavy (non-hydrogen) atoms. The Bertz CT molecular complexity index is 547. The largest absolute Gasteiger partial charge is 0.328 e. The molecule has 1 aliphatic rings. The molecule has 1 unspecified atom stereocenters. The summed E-state index contributed by atoms with van der Waals surface area (Å²) in [6.07, 6.45) is 3.55. The van der Waals surface area contributed by atoms with Crippen LogP contribution in [-0.2, 0) is 13.0 Å². The molecule has 2 N–H and O–H groups in total. The topological polar surface area (TPSA) is 43.8 Å². The first-order valence-electron chi connectivity index (χ1n) is 5.80. The van der Waals surface area contributed by atoms with Crippen molar-refractivity contribution in [2.75, 3.05) is 0 Å². The first kappa shape index (κ1) is 10.5. The number of rotatable bonds is 1. The second kappa shape index (κ2) is 3.96. The standard InChI is InChI=1S/C13H14FN3/c14-12-4-2-1-3-11(12)13-16-8-10-7-9(15)5-6-17(10)13/h1-4,8-9H,5-7,15H2. The van der Waals surface area contributed by atoms with Gasteiger partial charge in [0.25, 0.3) is 0 Å². The molecular weight excluding hydrogens is 217 g/mol. The lowest BCUT2D eigenvalue weighted by Crippen LogP contribution is -2.30. The molecule has 0 fully saturated rings. The number of aromatic nitrogens is 2. The molecule has 0 saturated carbocycles. The molecule has 1 aromatic heterocycles. The van der Waals surface area contributed by atoms with Crippen molar-refractivity contribution in [2.24, 2.45) is 5.73 Å². The Balaban J connectivity index is 2.09. The van der Waals surface area contributed by atoms with E-state index < -0.39 is 0 Å². The molecule has 0 spiro atoms. The first-order chi connectivity index (χ1) is 8.25. The number of hydrogen-bond acceptors (Lipinski definition) is 2. The third-order valence-corrected chi connectivity index (χ3v) is 3.25. The van der Waals surface area contributed by atoms with Gasteiger partial charge in [0.2, 0.25) is 0 Å². The van der Waals surface area contributed by atoms with E-state index >= 15 is 0 Å². The Morgan fingerprint density at radius 1 is 1.35 bits per heavy atom. The molecule has 1 aliphatic heterocycles. The molecule has 2 heterocycles. The minimum Gasteiger partial charge on any atom is -0.328 e. The summed E-state index contributed by atoms with van der Waals surface area (Å²) < 4.78 is 15.8. The summed E-state index contributed by atoms with van der Waals surface area (Å²) in [6, 6.07) is 6.95. The van der Waals surface area contributed by atoms with Gasteiger partial charge in [0.1, 0.15) is 11.6 Å². The van der Waals surface area contributed by atoms with Gasteiger partial charge in [-0.25, -0.2) is 9.37 Å². The zero-order valence-corrected chi connectivity index (χ0v) is 9.44. The summed E-state index contributed by atoms with van der Waals surface area (Å²) in [6.45, 7) is 0.820. The van der Waals surface area contributed by atoms with E-state index in [1.165, 1.54) is 6.07 Å². The Kier molecular flexibility index (Phi) is 2.44. The number of fused-ring (bicyclic) bond motifs is 1. The van der Waals surface area contributed by atoms with Gasteiger partial charge in [-0.15, -0.1) is 0 Å². The van der Waals surface area contributed by atoms with Crippen molar-refractivity contribution in [1.82, 2.24) is 9.55 Å². The van der Waals surface area contributed by atoms with Crippen LogP contribution in [-0.4, -0.2) is 15.6 Å². The molecular formula is C13H14FN3. The number of hydrogen-bond donors (Lipinski definition) is 1. The third-order valence-electron chi connectivity index (χ3n) is 3.25. The average molecular weight is 231 g/mol. The highest BCUT2D eigenvalue weighted by atomic mass is 19.1. The zero-order chi connectivity index (χ0) is 11.8. The highest BCUT2D eigenvalue weighted by Crippen LogP contribution is 2.25. The van der Waals surface area contributed by atoms with Gasteiger partial charge in [-0.3, -0.25) is 0 Å². The zero-order valence-electron chi connectivity index (χ0n) is 9.44. The number of nitrogens with zero attached hydrogens (tertiary/aromatic N) is 2. The number of imidazole rings is 1. The smallest absolute Gasteiger partial charge is 0.143 e. The summed E-state index contributed by atoms with van der Waals surface area (Å²) in [4.78, 5) is 4.33. The Morgan fingerprint density at radius 3 is 3.00 bits per heavy atom. The minimum atomic E-state index is -0.226. The third kappa shape index (κ3) is 1.74. The maximum Gasteiger partial charge on any atom is 0.143 e. The van der Waals surface area contributed by atoms with Gasteiger partial charge >= 0.3 is 0 Å². The van der Waals surface area contributed by atoms with Gasteiger partial charge in [0.05, 0.1) is 5.56 Å². The van der Waals surface area contributed by atoms with Crippen molar-refractivity contribution in [3.63, 3.8) is 0 Å². The highest BCUT2D eigenvalue weighted by Gasteiger charge is 2.20. The van der Waals surface area contributed by atoms with Crippen LogP contribution >= 0.6 is 0 Å². The van der Waals surface area contributed by atoms with E-state index in [1.54, 1.807) is 18.3 Å². The van der Waals surface area contributed by atoms with Crippen molar-refractivity contribution < 1.29 is 4.39 Å². The fourth-order valence-electron chi connectivity index (χ4n) is 2.35. The van der Waals surface area contributed by atoms with Crippen LogP contribution in [0.4, 0.5) is 4.39 Å². The SMILES string of the molecule is NC1CCn2c(cnc2-c2ccccc2F)C1. The lowest BCUT2D eigenvalue weighted by molar-refractivity contribution is 0.474. The number of halogens is 1. The van der Waals surface area contributed by atoms with E-state index in [1.807, 2.05) is 6.07 Å². The highest BCUT2D eigenvalue weighted by molar-refractivity contribution is 5.57. The lowest BCUT2D eigenvalue weighted by Gasteiger charge is -2.21. The van der Waals surface area contributed by atoms with Gasteiger partial charge in [-0.05, 0) is 18.6 Å². The molecule has 0 aliphatic carbocycles. The molecule has 0 saturated heterocycles. The van der Waals surface area contributed by atoms with E-state index in [9.17, 15) is 4.39 Å². The van der Waals surface area contributed by atoms with Crippen molar-refractivity contribution in [3.05, 3.63) is 42.0 Å². The van der Waals surface area contributed by atoms with Crippen LogP contribution in [0.3, 0.4) is 0 Å². The second-order valence-electron chi connectivity index (χ2n) is 4.46. The molecule has 1 aromatic carbocycles. The van der Waals surface area contributed by atoms with Gasteiger partial charge in [0, 0.05) is 30.9 Å². The summed E-state index contributed by atoms with van der Waals surface area (Å²) in [5.74, 6) is 0.487. The van der Waals surface area contributed by atoms with E-state index in [4.69, 9.17) is 5.73 Å². The predicted octanol–water partition coefficient (Wildman–Crippen LogP) is 1.96. The Hall–Kier alpha value is -1.68. The summed E-state index contributed by atoms with van der Waals surface area (Å²) in [5, 5.41) is 0. The van der Waals surface area contributed by atoms with Crippen molar-refractivity contribution >= 4 is 0 Å². The van der Waals surface area contributed by atoms with Crippen LogP contribution in [0, 0.1) is 5.82 Å². The molecule has 3 rings (SSSR count). The molecule has 2 aromatic rings. The van der Waals surface area contributed by atoms with Gasteiger partial charge < -0.3 is 10.3 Å². The van der Waals surface area contributed by atoms with Crippen LogP contribution in [0.1, 0.15) is 12.1 Å². The van der Waals surface area contributed by atoms with E-state index in [0.717, 1.165) is 25.1 Å². The average Bonchev–Trinajstić information content (AvgIpc) is 2.72. The summed E-state index contributed by atoms with van der Waals surface area (Å²) in [7, 11) is 0. The maximum atomic E-state index is 13.7. The summed E-state index contributed by atoms with van der Waals surface area (Å²) in [5.41, 5.74) is 7.58. The normalized spacial score (nSPS) is 19.1.